The van der Waals surface area contributed by atoms with Crippen LogP contribution in [0.25, 0.3) is 0 Å². The van der Waals surface area contributed by atoms with E-state index < -0.39 is 15.8 Å². The summed E-state index contributed by atoms with van der Waals surface area (Å²) in [6, 6.07) is 10.2. The molecule has 7 heteroatoms. The molecule has 0 aliphatic rings. The summed E-state index contributed by atoms with van der Waals surface area (Å²) < 4.78 is 40.6. The Morgan fingerprint density at radius 1 is 1.29 bits per heavy atom. The first kappa shape index (κ1) is 14.8. The van der Waals surface area contributed by atoms with Crippen molar-refractivity contribution >= 4 is 21.4 Å². The van der Waals surface area contributed by atoms with Crippen LogP contribution in [0.3, 0.4) is 0 Å². The first-order chi connectivity index (χ1) is 9.85. The maximum Gasteiger partial charge on any atom is 0.262 e. The van der Waals surface area contributed by atoms with Gasteiger partial charge in [-0.15, -0.1) is 0 Å². The number of hydrogen-bond donors (Lipinski definition) is 2. The van der Waals surface area contributed by atoms with Crippen molar-refractivity contribution < 1.29 is 12.8 Å². The van der Waals surface area contributed by atoms with E-state index in [4.69, 9.17) is 11.0 Å². The molecule has 0 atom stereocenters. The molecular weight excluding hydrogens is 293 g/mol. The van der Waals surface area contributed by atoms with Crippen LogP contribution in [0.15, 0.2) is 41.3 Å². The highest BCUT2D eigenvalue weighted by molar-refractivity contribution is 7.92. The summed E-state index contributed by atoms with van der Waals surface area (Å²) in [5.74, 6) is -0.705. The van der Waals surface area contributed by atoms with E-state index in [0.717, 1.165) is 6.07 Å². The topological polar surface area (TPSA) is 96.0 Å². The molecule has 0 fully saturated rings. The molecule has 0 aliphatic carbocycles. The maximum atomic E-state index is 13.6. The first-order valence-corrected chi connectivity index (χ1v) is 7.41. The minimum absolute atomic E-state index is 0.00652. The molecule has 2 rings (SSSR count). The summed E-state index contributed by atoms with van der Waals surface area (Å²) in [6.07, 6.45) is 0. The van der Waals surface area contributed by atoms with Gasteiger partial charge in [-0.2, -0.15) is 5.26 Å². The van der Waals surface area contributed by atoms with Crippen molar-refractivity contribution in [3.05, 3.63) is 53.3 Å². The number of halogens is 1. The van der Waals surface area contributed by atoms with Gasteiger partial charge < -0.3 is 5.73 Å². The molecule has 0 saturated heterocycles. The van der Waals surface area contributed by atoms with Crippen LogP contribution in [0.1, 0.15) is 11.1 Å². The highest BCUT2D eigenvalue weighted by atomic mass is 32.2. The van der Waals surface area contributed by atoms with Crippen molar-refractivity contribution in [2.75, 3.05) is 10.5 Å². The van der Waals surface area contributed by atoms with Crippen LogP contribution in [0, 0.1) is 24.1 Å². The normalized spacial score (nSPS) is 10.9. The SMILES string of the molecule is Cc1c(F)cc(N)cc1S(=O)(=O)Nc1ccccc1C#N. The number of anilines is 2. The van der Waals surface area contributed by atoms with E-state index in [1.54, 1.807) is 12.1 Å². The average molecular weight is 305 g/mol. The Balaban J connectivity index is 2.52. The molecule has 0 amide bonds. The minimum Gasteiger partial charge on any atom is -0.399 e. The third kappa shape index (κ3) is 2.95. The number of nitrogen functional groups attached to an aromatic ring is 1. The summed E-state index contributed by atoms with van der Waals surface area (Å²) in [4.78, 5) is -0.257. The number of nitrogens with two attached hydrogens (primary N) is 1. The second-order valence-corrected chi connectivity index (χ2v) is 6.04. The molecule has 5 nitrogen and oxygen atoms in total. The van der Waals surface area contributed by atoms with E-state index in [0.29, 0.717) is 0 Å². The largest absolute Gasteiger partial charge is 0.399 e. The minimum atomic E-state index is -4.04. The molecule has 2 aromatic rings. The Hall–Kier alpha value is -2.59. The van der Waals surface area contributed by atoms with Crippen molar-refractivity contribution in [2.24, 2.45) is 0 Å². The predicted octanol–water partition coefficient (Wildman–Crippen LogP) is 2.39. The highest BCUT2D eigenvalue weighted by Gasteiger charge is 2.21. The van der Waals surface area contributed by atoms with Gasteiger partial charge in [0.2, 0.25) is 0 Å². The van der Waals surface area contributed by atoms with E-state index in [9.17, 15) is 12.8 Å². The molecule has 21 heavy (non-hydrogen) atoms. The number of benzene rings is 2. The quantitative estimate of drug-likeness (QED) is 0.851. The summed E-state index contributed by atoms with van der Waals surface area (Å²) in [5, 5.41) is 8.96. The molecule has 0 unspecified atom stereocenters. The lowest BCUT2D eigenvalue weighted by Crippen LogP contribution is -2.16. The fraction of sp³-hybridized carbons (Fsp3) is 0.0714. The summed E-state index contributed by atoms with van der Waals surface area (Å²) in [6.45, 7) is 1.35. The Morgan fingerprint density at radius 2 is 1.95 bits per heavy atom. The molecule has 108 valence electrons. The number of para-hydroxylation sites is 1. The number of rotatable bonds is 3. The monoisotopic (exact) mass is 305 g/mol. The van der Waals surface area contributed by atoms with Crippen LogP contribution < -0.4 is 10.5 Å². The third-order valence-corrected chi connectivity index (χ3v) is 4.39. The van der Waals surface area contributed by atoms with Gasteiger partial charge in [0.15, 0.2) is 0 Å². The Labute approximate surface area is 121 Å². The van der Waals surface area contributed by atoms with Crippen LogP contribution in [0.2, 0.25) is 0 Å². The van der Waals surface area contributed by atoms with Gasteiger partial charge in [-0.25, -0.2) is 12.8 Å². The second-order valence-electron chi connectivity index (χ2n) is 4.39. The zero-order valence-electron chi connectivity index (χ0n) is 11.1. The molecule has 0 saturated carbocycles. The van der Waals surface area contributed by atoms with Crippen LogP contribution >= 0.6 is 0 Å². The van der Waals surface area contributed by atoms with Crippen LogP contribution in [-0.4, -0.2) is 8.42 Å². The van der Waals surface area contributed by atoms with Gasteiger partial charge in [0.05, 0.1) is 16.1 Å². The van der Waals surface area contributed by atoms with Crippen molar-refractivity contribution in [2.45, 2.75) is 11.8 Å². The Kier molecular flexibility index (Phi) is 3.82. The zero-order valence-corrected chi connectivity index (χ0v) is 11.9. The van der Waals surface area contributed by atoms with Gasteiger partial charge in [-0.3, -0.25) is 4.72 Å². The van der Waals surface area contributed by atoms with E-state index in [-0.39, 0.29) is 27.4 Å². The maximum absolute atomic E-state index is 13.6. The van der Waals surface area contributed by atoms with Gasteiger partial charge in [0, 0.05) is 11.3 Å². The molecule has 0 aromatic heterocycles. The van der Waals surface area contributed by atoms with Gasteiger partial charge >= 0.3 is 0 Å². The van der Waals surface area contributed by atoms with Crippen LogP contribution in [0.4, 0.5) is 15.8 Å². The highest BCUT2D eigenvalue weighted by Crippen LogP contribution is 2.25. The molecule has 0 bridgehead atoms. The second kappa shape index (κ2) is 5.42. The number of sulfonamides is 1. The summed E-state index contributed by atoms with van der Waals surface area (Å²) in [7, 11) is -4.04. The molecule has 2 aromatic carbocycles. The molecule has 0 aliphatic heterocycles. The van der Waals surface area contributed by atoms with E-state index in [2.05, 4.69) is 4.72 Å². The number of nitrogens with zero attached hydrogens (tertiary/aromatic N) is 1. The summed E-state index contributed by atoms with van der Waals surface area (Å²) in [5.41, 5.74) is 5.76. The van der Waals surface area contributed by atoms with Gasteiger partial charge in [-0.1, -0.05) is 12.1 Å². The Bertz CT molecular complexity index is 842. The predicted molar refractivity (Wildman–Crippen MR) is 77.5 cm³/mol. The van der Waals surface area contributed by atoms with E-state index in [1.807, 2.05) is 6.07 Å². The van der Waals surface area contributed by atoms with Gasteiger partial charge in [0.1, 0.15) is 11.9 Å². The number of nitriles is 1. The molecule has 3 N–H and O–H groups in total. The lowest BCUT2D eigenvalue weighted by atomic mass is 10.2. The fourth-order valence-corrected chi connectivity index (χ4v) is 3.19. The Morgan fingerprint density at radius 3 is 2.62 bits per heavy atom. The number of hydrogen-bond acceptors (Lipinski definition) is 4. The summed E-state index contributed by atoms with van der Waals surface area (Å²) >= 11 is 0. The molecule has 0 radical (unpaired) electrons. The molecule has 0 spiro atoms. The van der Waals surface area contributed by atoms with Crippen LogP contribution in [0.5, 0.6) is 0 Å². The van der Waals surface area contributed by atoms with Crippen molar-refractivity contribution in [1.29, 1.82) is 5.26 Å². The van der Waals surface area contributed by atoms with Gasteiger partial charge in [-0.05, 0) is 31.2 Å². The van der Waals surface area contributed by atoms with E-state index >= 15 is 0 Å². The first-order valence-electron chi connectivity index (χ1n) is 5.92. The van der Waals surface area contributed by atoms with E-state index in [1.165, 1.54) is 25.1 Å². The zero-order chi connectivity index (χ0) is 15.6. The third-order valence-electron chi connectivity index (χ3n) is 2.90. The lowest BCUT2D eigenvalue weighted by molar-refractivity contribution is 0.591. The smallest absolute Gasteiger partial charge is 0.262 e. The van der Waals surface area contributed by atoms with Gasteiger partial charge in [0.25, 0.3) is 10.0 Å². The number of nitrogens with one attached hydrogen (secondary N) is 1. The average Bonchev–Trinajstić information content (AvgIpc) is 2.43. The van der Waals surface area contributed by atoms with Crippen molar-refractivity contribution in [3.63, 3.8) is 0 Å². The fourth-order valence-electron chi connectivity index (χ4n) is 1.82. The molecular formula is C14H12FN3O2S. The lowest BCUT2D eigenvalue weighted by Gasteiger charge is -2.12. The van der Waals surface area contributed by atoms with Crippen molar-refractivity contribution in [1.82, 2.24) is 0 Å². The standard InChI is InChI=1S/C14H12FN3O2S/c1-9-12(15)6-11(17)7-14(9)21(19,20)18-13-5-3-2-4-10(13)8-16/h2-7,18H,17H2,1H3. The van der Waals surface area contributed by atoms with Crippen LogP contribution in [-0.2, 0) is 10.0 Å². The van der Waals surface area contributed by atoms with Crippen molar-refractivity contribution in [3.8, 4) is 6.07 Å². The molecule has 0 heterocycles.